The van der Waals surface area contributed by atoms with Gasteiger partial charge in [-0.15, -0.1) is 0 Å². The molecule has 2 aromatic rings. The maximum absolute atomic E-state index is 12.5. The van der Waals surface area contributed by atoms with Crippen molar-refractivity contribution in [2.24, 2.45) is 0 Å². The van der Waals surface area contributed by atoms with Crippen molar-refractivity contribution in [2.45, 2.75) is 10.8 Å². The van der Waals surface area contributed by atoms with E-state index in [1.54, 1.807) is 12.1 Å². The Morgan fingerprint density at radius 3 is 2.58 bits per heavy atom. The molecule has 0 N–H and O–H groups in total. The van der Waals surface area contributed by atoms with Crippen LogP contribution in [0.1, 0.15) is 20.7 Å². The Labute approximate surface area is 152 Å². The van der Waals surface area contributed by atoms with E-state index in [4.69, 9.17) is 14.2 Å². The lowest BCUT2D eigenvalue weighted by Crippen LogP contribution is -2.16. The minimum Gasteiger partial charge on any atom is -0.497 e. The van der Waals surface area contributed by atoms with Crippen LogP contribution < -0.4 is 9.47 Å². The average molecular weight is 383 g/mol. The zero-order chi connectivity index (χ0) is 19.1. The first-order valence-corrected chi connectivity index (χ1v) is 8.16. The Bertz CT molecular complexity index is 800. The number of hydrogen-bond donors (Lipinski definition) is 0. The molecule has 1 aromatic carbocycles. The lowest BCUT2D eigenvalue weighted by atomic mass is 10.1. The molecule has 0 aliphatic carbocycles. The van der Waals surface area contributed by atoms with Gasteiger partial charge < -0.3 is 14.2 Å². The number of nitrogens with zero attached hydrogens (tertiary/aromatic N) is 1. The third kappa shape index (κ3) is 4.92. The van der Waals surface area contributed by atoms with Crippen molar-refractivity contribution in [2.75, 3.05) is 20.8 Å². The third-order valence-electron chi connectivity index (χ3n) is 3.23. The van der Waals surface area contributed by atoms with Gasteiger partial charge in [0.15, 0.2) is 6.61 Å². The molecule has 9 heteroatoms. The molecule has 1 aromatic heterocycles. The molecule has 2 rings (SSSR count). The van der Waals surface area contributed by atoms with Crippen LogP contribution in [0, 0.1) is 0 Å². The van der Waals surface area contributed by atoms with Crippen LogP contribution in [-0.2, 0) is 4.74 Å². The number of aromatic nitrogens is 1. The Kier molecular flexibility index (Phi) is 6.90. The minimum absolute atomic E-state index is 0.128. The van der Waals surface area contributed by atoms with Gasteiger partial charge in [0.25, 0.3) is 5.76 Å². The van der Waals surface area contributed by atoms with Gasteiger partial charge in [0, 0.05) is 6.20 Å². The number of benzene rings is 1. The predicted octanol–water partition coefficient (Wildman–Crippen LogP) is 3.45. The van der Waals surface area contributed by atoms with Gasteiger partial charge in [0.2, 0.25) is 5.78 Å². The number of pyridine rings is 1. The molecule has 0 fully saturated rings. The van der Waals surface area contributed by atoms with E-state index in [1.165, 1.54) is 38.6 Å². The summed E-state index contributed by atoms with van der Waals surface area (Å²) in [5.74, 6) is -3.46. The van der Waals surface area contributed by atoms with Gasteiger partial charge in [-0.3, -0.25) is 4.79 Å². The highest BCUT2D eigenvalue weighted by Gasteiger charge is 2.20. The number of alkyl halides is 2. The van der Waals surface area contributed by atoms with Crippen molar-refractivity contribution in [3.05, 3.63) is 47.7 Å². The molecule has 0 aliphatic rings. The van der Waals surface area contributed by atoms with E-state index in [-0.39, 0.29) is 27.9 Å². The normalized spacial score (nSPS) is 10.5. The quantitative estimate of drug-likeness (QED) is 0.393. The van der Waals surface area contributed by atoms with Gasteiger partial charge >= 0.3 is 5.97 Å². The van der Waals surface area contributed by atoms with Gasteiger partial charge in [-0.1, -0.05) is 0 Å². The number of ether oxygens (including phenoxy) is 3. The second-order valence-electron chi connectivity index (χ2n) is 4.80. The molecule has 26 heavy (non-hydrogen) atoms. The van der Waals surface area contributed by atoms with Crippen LogP contribution in [0.3, 0.4) is 0 Å². The van der Waals surface area contributed by atoms with Crippen molar-refractivity contribution in [1.82, 2.24) is 4.98 Å². The zero-order valence-corrected chi connectivity index (χ0v) is 14.7. The van der Waals surface area contributed by atoms with E-state index in [0.717, 1.165) is 0 Å². The van der Waals surface area contributed by atoms with Crippen molar-refractivity contribution < 1.29 is 32.6 Å². The van der Waals surface area contributed by atoms with Crippen LogP contribution in [0.4, 0.5) is 8.78 Å². The van der Waals surface area contributed by atoms with Crippen molar-refractivity contribution in [1.29, 1.82) is 0 Å². The van der Waals surface area contributed by atoms with Gasteiger partial charge in [-0.05, 0) is 42.1 Å². The molecule has 138 valence electrons. The van der Waals surface area contributed by atoms with E-state index in [1.807, 2.05) is 0 Å². The highest BCUT2D eigenvalue weighted by Crippen LogP contribution is 2.27. The molecule has 0 bridgehead atoms. The Morgan fingerprint density at radius 1 is 1.15 bits per heavy atom. The number of rotatable bonds is 8. The van der Waals surface area contributed by atoms with Gasteiger partial charge in [-0.2, -0.15) is 8.78 Å². The maximum Gasteiger partial charge on any atom is 0.341 e. The number of carbonyl (C=O) groups excluding carboxylic acids is 2. The third-order valence-corrected chi connectivity index (χ3v) is 3.96. The number of esters is 1. The first-order chi connectivity index (χ1) is 12.5. The number of Topliss-reactive ketones (excluding diaryl/α,β-unsaturated/α-hetero) is 1. The highest BCUT2D eigenvalue weighted by atomic mass is 32.2. The van der Waals surface area contributed by atoms with Crippen molar-refractivity contribution in [3.8, 4) is 11.5 Å². The smallest absolute Gasteiger partial charge is 0.341 e. The molecule has 1 heterocycles. The SMILES string of the molecule is COc1ccc(OC)c(C(=O)COC(=O)c2cccnc2SC(F)F)c1. The van der Waals surface area contributed by atoms with Gasteiger partial charge in [-0.25, -0.2) is 9.78 Å². The number of carbonyl (C=O) groups is 2. The summed E-state index contributed by atoms with van der Waals surface area (Å²) in [5, 5.41) is -0.168. The summed E-state index contributed by atoms with van der Waals surface area (Å²) in [6, 6.07) is 7.34. The Morgan fingerprint density at radius 2 is 1.92 bits per heavy atom. The number of halogens is 2. The second kappa shape index (κ2) is 9.14. The minimum atomic E-state index is -2.74. The van der Waals surface area contributed by atoms with Gasteiger partial charge in [0.1, 0.15) is 16.5 Å². The number of hydrogen-bond acceptors (Lipinski definition) is 7. The zero-order valence-electron chi connectivity index (χ0n) is 13.9. The first kappa shape index (κ1) is 19.6. The Hall–Kier alpha value is -2.68. The number of methoxy groups -OCH3 is 2. The largest absolute Gasteiger partial charge is 0.497 e. The van der Waals surface area contributed by atoms with Crippen LogP contribution in [0.25, 0.3) is 0 Å². The summed E-state index contributed by atoms with van der Waals surface area (Å²) >= 11 is 0.128. The molecule has 0 spiro atoms. The van der Waals surface area contributed by atoms with E-state index < -0.39 is 24.1 Å². The van der Waals surface area contributed by atoms with E-state index in [0.29, 0.717) is 11.5 Å². The molecule has 0 unspecified atom stereocenters. The summed E-state index contributed by atoms with van der Waals surface area (Å²) in [6.45, 7) is -0.587. The lowest BCUT2D eigenvalue weighted by molar-refractivity contribution is 0.0469. The summed E-state index contributed by atoms with van der Waals surface area (Å²) in [4.78, 5) is 28.2. The fraction of sp³-hybridized carbons (Fsp3) is 0.235. The van der Waals surface area contributed by atoms with E-state index in [2.05, 4.69) is 4.98 Å². The topological polar surface area (TPSA) is 74.7 Å². The molecular formula is C17H15F2NO5S. The van der Waals surface area contributed by atoms with Crippen LogP contribution in [0.2, 0.25) is 0 Å². The monoisotopic (exact) mass is 383 g/mol. The van der Waals surface area contributed by atoms with Crippen LogP contribution in [-0.4, -0.2) is 43.3 Å². The lowest BCUT2D eigenvalue weighted by Gasteiger charge is -2.11. The van der Waals surface area contributed by atoms with Crippen molar-refractivity contribution in [3.63, 3.8) is 0 Å². The summed E-state index contributed by atoms with van der Waals surface area (Å²) in [5.41, 5.74) is 0.0382. The maximum atomic E-state index is 12.5. The molecular weight excluding hydrogens is 368 g/mol. The standard InChI is InChI=1S/C17H15F2NO5S/c1-23-10-5-6-14(24-2)12(8-10)13(21)9-25-16(22)11-4-3-7-20-15(11)26-17(18)19/h3-8,17H,9H2,1-2H3. The second-order valence-corrected chi connectivity index (χ2v) is 5.78. The van der Waals surface area contributed by atoms with Gasteiger partial charge in [0.05, 0.1) is 25.3 Å². The van der Waals surface area contributed by atoms with E-state index >= 15 is 0 Å². The fourth-order valence-electron chi connectivity index (χ4n) is 2.04. The fourth-order valence-corrected chi connectivity index (χ4v) is 2.61. The molecule has 0 atom stereocenters. The summed E-state index contributed by atoms with van der Waals surface area (Å²) in [6.07, 6.45) is 1.29. The molecule has 0 aliphatic heterocycles. The molecule has 0 saturated carbocycles. The van der Waals surface area contributed by atoms with Crippen LogP contribution >= 0.6 is 11.8 Å². The Balaban J connectivity index is 2.12. The number of thioether (sulfide) groups is 1. The summed E-state index contributed by atoms with van der Waals surface area (Å²) < 4.78 is 40.2. The predicted molar refractivity (Wildman–Crippen MR) is 90.3 cm³/mol. The molecule has 6 nitrogen and oxygen atoms in total. The molecule has 0 amide bonds. The first-order valence-electron chi connectivity index (χ1n) is 7.28. The average Bonchev–Trinajstić information content (AvgIpc) is 2.65. The highest BCUT2D eigenvalue weighted by molar-refractivity contribution is 7.99. The summed E-state index contributed by atoms with van der Waals surface area (Å²) in [7, 11) is 2.84. The van der Waals surface area contributed by atoms with E-state index in [9.17, 15) is 18.4 Å². The molecule has 0 radical (unpaired) electrons. The van der Waals surface area contributed by atoms with Crippen LogP contribution in [0.5, 0.6) is 11.5 Å². The molecule has 0 saturated heterocycles. The number of ketones is 1. The van der Waals surface area contributed by atoms with Crippen LogP contribution in [0.15, 0.2) is 41.6 Å². The van der Waals surface area contributed by atoms with Crippen molar-refractivity contribution >= 4 is 23.5 Å².